The number of hydrogen-bond donors (Lipinski definition) is 1. The summed E-state index contributed by atoms with van der Waals surface area (Å²) in [4.78, 5) is 25.0. The predicted octanol–water partition coefficient (Wildman–Crippen LogP) is 3.40. The Balaban J connectivity index is 1.89. The molecule has 0 saturated heterocycles. The molecule has 24 heavy (non-hydrogen) atoms. The normalized spacial score (nSPS) is 10.6. The number of para-hydroxylation sites is 3. The quantitative estimate of drug-likeness (QED) is 0.578. The maximum atomic E-state index is 12.6. The number of rotatable bonds is 5. The molecule has 0 aliphatic heterocycles. The number of aromatic nitrogens is 1. The van der Waals surface area contributed by atoms with E-state index in [0.717, 1.165) is 10.9 Å². The topological polar surface area (TPSA) is 60.3 Å². The Hall–Kier alpha value is -3.08. The number of ketones is 1. The summed E-state index contributed by atoms with van der Waals surface area (Å²) in [6.45, 7) is 2.34. The van der Waals surface area contributed by atoms with Gasteiger partial charge < -0.3 is 14.6 Å². The predicted molar refractivity (Wildman–Crippen MR) is 93.5 cm³/mol. The summed E-state index contributed by atoms with van der Waals surface area (Å²) in [7, 11) is 1.85. The molecule has 1 amide bonds. The van der Waals surface area contributed by atoms with Crippen LogP contribution in [0.15, 0.2) is 54.7 Å². The molecule has 5 heteroatoms. The van der Waals surface area contributed by atoms with Gasteiger partial charge in [0.2, 0.25) is 0 Å². The van der Waals surface area contributed by atoms with E-state index in [-0.39, 0.29) is 0 Å². The summed E-state index contributed by atoms with van der Waals surface area (Å²) in [5, 5.41) is 3.41. The summed E-state index contributed by atoms with van der Waals surface area (Å²) in [6.07, 6.45) is 1.68. The molecule has 3 aromatic rings. The summed E-state index contributed by atoms with van der Waals surface area (Å²) in [5.74, 6) is -0.712. The lowest BCUT2D eigenvalue weighted by Crippen LogP contribution is -2.23. The largest absolute Gasteiger partial charge is 0.492 e. The number of Topliss-reactive ketones (excluding diaryl/α,β-unsaturated/α-hetero) is 1. The van der Waals surface area contributed by atoms with E-state index in [9.17, 15) is 9.59 Å². The molecular weight excluding hydrogens is 304 g/mol. The van der Waals surface area contributed by atoms with Crippen molar-refractivity contribution in [3.8, 4) is 5.75 Å². The SMILES string of the molecule is CCOc1ccccc1NC(=O)C(=O)c1cn(C)c2ccccc12. The number of carbonyl (C=O) groups excluding carboxylic acids is 2. The molecule has 0 atom stereocenters. The molecule has 2 aromatic carbocycles. The fraction of sp³-hybridized carbons (Fsp3) is 0.158. The van der Waals surface area contributed by atoms with Crippen LogP contribution in [0, 0.1) is 0 Å². The minimum atomic E-state index is -0.682. The number of aryl methyl sites for hydroxylation is 1. The van der Waals surface area contributed by atoms with Crippen LogP contribution >= 0.6 is 0 Å². The van der Waals surface area contributed by atoms with Crippen LogP contribution < -0.4 is 10.1 Å². The van der Waals surface area contributed by atoms with Crippen LogP contribution in [0.1, 0.15) is 17.3 Å². The van der Waals surface area contributed by atoms with E-state index in [4.69, 9.17) is 4.74 Å². The Labute approximate surface area is 139 Å². The molecule has 1 aromatic heterocycles. The third kappa shape index (κ3) is 2.88. The van der Waals surface area contributed by atoms with Crippen molar-refractivity contribution in [3.63, 3.8) is 0 Å². The minimum absolute atomic E-state index is 0.388. The molecule has 0 radical (unpaired) electrons. The van der Waals surface area contributed by atoms with Crippen LogP contribution in [0.3, 0.4) is 0 Å². The Morgan fingerprint density at radius 3 is 2.58 bits per heavy atom. The van der Waals surface area contributed by atoms with Crippen molar-refractivity contribution in [2.45, 2.75) is 6.92 Å². The van der Waals surface area contributed by atoms with Gasteiger partial charge in [0.1, 0.15) is 5.75 Å². The van der Waals surface area contributed by atoms with E-state index >= 15 is 0 Å². The first-order valence-electron chi connectivity index (χ1n) is 7.73. The first kappa shape index (κ1) is 15.8. The molecule has 1 N–H and O–H groups in total. The van der Waals surface area contributed by atoms with Gasteiger partial charge in [-0.1, -0.05) is 30.3 Å². The third-order valence-electron chi connectivity index (χ3n) is 3.78. The Kier molecular flexibility index (Phi) is 4.33. The first-order valence-corrected chi connectivity index (χ1v) is 7.73. The summed E-state index contributed by atoms with van der Waals surface area (Å²) in [5.41, 5.74) is 1.78. The van der Waals surface area contributed by atoms with Crippen molar-refractivity contribution in [2.75, 3.05) is 11.9 Å². The van der Waals surface area contributed by atoms with Crippen molar-refractivity contribution in [2.24, 2.45) is 7.05 Å². The number of anilines is 1. The molecular formula is C19H18N2O3. The average Bonchev–Trinajstić information content (AvgIpc) is 2.93. The lowest BCUT2D eigenvalue weighted by Gasteiger charge is -2.10. The average molecular weight is 322 g/mol. The maximum absolute atomic E-state index is 12.6. The number of hydrogen-bond acceptors (Lipinski definition) is 3. The monoisotopic (exact) mass is 322 g/mol. The van der Waals surface area contributed by atoms with Crippen LogP contribution in [-0.4, -0.2) is 22.9 Å². The second kappa shape index (κ2) is 6.58. The van der Waals surface area contributed by atoms with E-state index in [1.54, 1.807) is 24.4 Å². The van der Waals surface area contributed by atoms with Crippen molar-refractivity contribution in [1.29, 1.82) is 0 Å². The number of benzene rings is 2. The van der Waals surface area contributed by atoms with Gasteiger partial charge in [-0.25, -0.2) is 0 Å². The highest BCUT2D eigenvalue weighted by atomic mass is 16.5. The van der Waals surface area contributed by atoms with Gasteiger partial charge in [-0.05, 0) is 25.1 Å². The minimum Gasteiger partial charge on any atom is -0.492 e. The smallest absolute Gasteiger partial charge is 0.296 e. The van der Waals surface area contributed by atoms with Crippen LogP contribution in [0.5, 0.6) is 5.75 Å². The molecule has 0 bridgehead atoms. The van der Waals surface area contributed by atoms with E-state index < -0.39 is 11.7 Å². The van der Waals surface area contributed by atoms with E-state index in [0.29, 0.717) is 23.6 Å². The zero-order chi connectivity index (χ0) is 17.1. The molecule has 0 spiro atoms. The Bertz CT molecular complexity index is 912. The summed E-state index contributed by atoms with van der Waals surface area (Å²) >= 11 is 0. The lowest BCUT2D eigenvalue weighted by atomic mass is 10.1. The zero-order valence-electron chi connectivity index (χ0n) is 13.6. The Morgan fingerprint density at radius 1 is 1.08 bits per heavy atom. The van der Waals surface area contributed by atoms with Crippen molar-refractivity contribution < 1.29 is 14.3 Å². The number of amides is 1. The highest BCUT2D eigenvalue weighted by molar-refractivity contribution is 6.48. The van der Waals surface area contributed by atoms with Gasteiger partial charge in [-0.2, -0.15) is 0 Å². The summed E-state index contributed by atoms with van der Waals surface area (Å²) < 4.78 is 7.30. The van der Waals surface area contributed by atoms with Gasteiger partial charge in [0.25, 0.3) is 11.7 Å². The standard InChI is InChI=1S/C19H18N2O3/c1-3-24-17-11-7-5-9-15(17)20-19(23)18(22)14-12-21(2)16-10-6-4-8-13(14)16/h4-12H,3H2,1-2H3,(H,20,23). The fourth-order valence-electron chi connectivity index (χ4n) is 2.68. The van der Waals surface area contributed by atoms with Crippen molar-refractivity contribution in [3.05, 3.63) is 60.3 Å². The van der Waals surface area contributed by atoms with Gasteiger partial charge in [0.15, 0.2) is 0 Å². The van der Waals surface area contributed by atoms with Gasteiger partial charge in [-0.15, -0.1) is 0 Å². The van der Waals surface area contributed by atoms with Gasteiger partial charge in [0.05, 0.1) is 17.9 Å². The molecule has 0 aliphatic carbocycles. The van der Waals surface area contributed by atoms with Gasteiger partial charge in [-0.3, -0.25) is 9.59 Å². The molecule has 0 fully saturated rings. The van der Waals surface area contributed by atoms with Gasteiger partial charge >= 0.3 is 0 Å². The van der Waals surface area contributed by atoms with Crippen molar-refractivity contribution in [1.82, 2.24) is 4.57 Å². The maximum Gasteiger partial charge on any atom is 0.296 e. The number of fused-ring (bicyclic) bond motifs is 1. The van der Waals surface area contributed by atoms with Crippen molar-refractivity contribution >= 4 is 28.3 Å². The van der Waals surface area contributed by atoms with Crippen LogP contribution in [-0.2, 0) is 11.8 Å². The van der Waals surface area contributed by atoms with E-state index in [1.807, 2.05) is 48.9 Å². The lowest BCUT2D eigenvalue weighted by molar-refractivity contribution is -0.112. The highest BCUT2D eigenvalue weighted by Crippen LogP contribution is 2.25. The number of ether oxygens (including phenoxy) is 1. The van der Waals surface area contributed by atoms with E-state index in [2.05, 4.69) is 5.32 Å². The van der Waals surface area contributed by atoms with Crippen LogP contribution in [0.4, 0.5) is 5.69 Å². The fourth-order valence-corrected chi connectivity index (χ4v) is 2.68. The van der Waals surface area contributed by atoms with E-state index in [1.165, 1.54) is 0 Å². The molecule has 122 valence electrons. The second-order valence-corrected chi connectivity index (χ2v) is 5.38. The third-order valence-corrected chi connectivity index (χ3v) is 3.78. The highest BCUT2D eigenvalue weighted by Gasteiger charge is 2.21. The first-order chi connectivity index (χ1) is 11.6. The number of nitrogens with zero attached hydrogens (tertiary/aromatic N) is 1. The molecule has 5 nitrogen and oxygen atoms in total. The molecule has 0 aliphatic rings. The summed E-state index contributed by atoms with van der Waals surface area (Å²) in [6, 6.07) is 14.5. The molecule has 0 unspecified atom stereocenters. The van der Waals surface area contributed by atoms with Crippen LogP contribution in [0.25, 0.3) is 10.9 Å². The molecule has 1 heterocycles. The molecule has 3 rings (SSSR count). The zero-order valence-corrected chi connectivity index (χ0v) is 13.6. The van der Waals surface area contributed by atoms with Crippen LogP contribution in [0.2, 0.25) is 0 Å². The second-order valence-electron chi connectivity index (χ2n) is 5.38. The Morgan fingerprint density at radius 2 is 1.79 bits per heavy atom. The number of nitrogens with one attached hydrogen (secondary N) is 1. The molecule has 0 saturated carbocycles. The number of carbonyl (C=O) groups is 2. The van der Waals surface area contributed by atoms with Gasteiger partial charge in [0, 0.05) is 24.1 Å².